The molecule has 1 aromatic carbocycles. The zero-order valence-corrected chi connectivity index (χ0v) is 8.66. The zero-order chi connectivity index (χ0) is 10.7. The van der Waals surface area contributed by atoms with Crippen LogP contribution in [0.1, 0.15) is 5.56 Å². The third-order valence-electron chi connectivity index (χ3n) is 1.86. The van der Waals surface area contributed by atoms with Crippen molar-refractivity contribution in [3.8, 4) is 5.75 Å². The van der Waals surface area contributed by atoms with E-state index >= 15 is 0 Å². The lowest BCUT2D eigenvalue weighted by Crippen LogP contribution is -1.88. The molecule has 0 atom stereocenters. The van der Waals surface area contributed by atoms with Gasteiger partial charge in [0, 0.05) is 5.75 Å². The van der Waals surface area contributed by atoms with Crippen molar-refractivity contribution >= 4 is 17.4 Å². The van der Waals surface area contributed by atoms with Gasteiger partial charge in [0.2, 0.25) is 0 Å². The van der Waals surface area contributed by atoms with E-state index in [1.807, 2.05) is 6.07 Å². The molecule has 0 aliphatic heterocycles. The minimum atomic E-state index is 0.114. The molecular weight excluding hydrogens is 212 g/mol. The largest absolute Gasteiger partial charge is 0.506 e. The molecule has 2 aromatic rings. The van der Waals surface area contributed by atoms with E-state index in [-0.39, 0.29) is 5.75 Å². The lowest BCUT2D eigenvalue weighted by molar-refractivity contribution is 0.478. The molecule has 1 aromatic heterocycles. The van der Waals surface area contributed by atoms with Crippen LogP contribution in [-0.4, -0.2) is 20.3 Å². The monoisotopic (exact) mass is 222 g/mol. The number of aromatic nitrogens is 3. The quantitative estimate of drug-likeness (QED) is 0.415. The van der Waals surface area contributed by atoms with E-state index < -0.39 is 0 Å². The number of hydrogen-bond acceptors (Lipinski definition) is 5. The number of phenols is 1. The van der Waals surface area contributed by atoms with Gasteiger partial charge in [-0.2, -0.15) is 5.10 Å². The zero-order valence-electron chi connectivity index (χ0n) is 7.84. The predicted octanol–water partition coefficient (Wildman–Crippen LogP) is 1.38. The molecule has 0 saturated carbocycles. The van der Waals surface area contributed by atoms with Gasteiger partial charge in [0.05, 0.1) is 5.69 Å². The van der Waals surface area contributed by atoms with Crippen molar-refractivity contribution in [3.05, 3.63) is 30.1 Å². The highest BCUT2D eigenvalue weighted by Crippen LogP contribution is 2.24. The van der Waals surface area contributed by atoms with Crippen LogP contribution in [0.4, 0.5) is 5.69 Å². The third-order valence-corrected chi connectivity index (χ3v) is 2.81. The molecule has 6 heteroatoms. The molecule has 1 heterocycles. The Morgan fingerprint density at radius 2 is 2.33 bits per heavy atom. The van der Waals surface area contributed by atoms with E-state index in [0.29, 0.717) is 5.69 Å². The summed E-state index contributed by atoms with van der Waals surface area (Å²) in [4.78, 5) is 3.99. The Bertz CT molecular complexity index is 443. The van der Waals surface area contributed by atoms with Gasteiger partial charge in [-0.25, -0.2) is 4.98 Å². The Morgan fingerprint density at radius 3 is 3.00 bits per heavy atom. The number of phenolic OH excluding ortho intramolecular Hbond substituents is 1. The first-order chi connectivity index (χ1) is 7.25. The number of H-pyrrole nitrogens is 1. The molecule has 0 unspecified atom stereocenters. The molecule has 0 amide bonds. The molecule has 0 aliphatic carbocycles. The van der Waals surface area contributed by atoms with E-state index in [0.717, 1.165) is 16.5 Å². The van der Waals surface area contributed by atoms with E-state index in [9.17, 15) is 5.11 Å². The number of thioether (sulfide) groups is 1. The van der Waals surface area contributed by atoms with E-state index in [1.54, 1.807) is 12.1 Å². The smallest absolute Gasteiger partial charge is 0.183 e. The van der Waals surface area contributed by atoms with Crippen molar-refractivity contribution in [2.45, 2.75) is 10.9 Å². The van der Waals surface area contributed by atoms with Crippen LogP contribution in [0, 0.1) is 0 Å². The highest BCUT2D eigenvalue weighted by atomic mass is 32.2. The summed E-state index contributed by atoms with van der Waals surface area (Å²) in [5.74, 6) is 0.850. The summed E-state index contributed by atoms with van der Waals surface area (Å²) in [5.41, 5.74) is 7.00. The number of rotatable bonds is 3. The molecule has 0 spiro atoms. The molecule has 2 rings (SSSR count). The summed E-state index contributed by atoms with van der Waals surface area (Å²) in [6.45, 7) is 0. The van der Waals surface area contributed by atoms with Crippen LogP contribution < -0.4 is 5.73 Å². The topological polar surface area (TPSA) is 87.8 Å². The second kappa shape index (κ2) is 4.22. The van der Waals surface area contributed by atoms with Gasteiger partial charge in [-0.3, -0.25) is 5.10 Å². The van der Waals surface area contributed by atoms with E-state index in [4.69, 9.17) is 5.73 Å². The van der Waals surface area contributed by atoms with E-state index in [1.165, 1.54) is 18.1 Å². The van der Waals surface area contributed by atoms with Crippen LogP contribution >= 0.6 is 11.8 Å². The minimum Gasteiger partial charge on any atom is -0.506 e. The Hall–Kier alpha value is -1.69. The summed E-state index contributed by atoms with van der Waals surface area (Å²) in [6, 6.07) is 5.17. The number of hydrogen-bond donors (Lipinski definition) is 3. The molecule has 15 heavy (non-hydrogen) atoms. The highest BCUT2D eigenvalue weighted by Gasteiger charge is 2.01. The fourth-order valence-electron chi connectivity index (χ4n) is 1.11. The van der Waals surface area contributed by atoms with E-state index in [2.05, 4.69) is 15.2 Å². The van der Waals surface area contributed by atoms with Gasteiger partial charge < -0.3 is 10.8 Å². The first kappa shape index (κ1) is 9.85. The maximum atomic E-state index is 9.24. The molecule has 0 fully saturated rings. The van der Waals surface area contributed by atoms with Gasteiger partial charge in [-0.1, -0.05) is 17.8 Å². The molecule has 0 saturated heterocycles. The van der Waals surface area contributed by atoms with Crippen molar-refractivity contribution in [1.29, 1.82) is 0 Å². The maximum Gasteiger partial charge on any atom is 0.183 e. The fourth-order valence-corrected chi connectivity index (χ4v) is 1.83. The summed E-state index contributed by atoms with van der Waals surface area (Å²) in [5, 5.41) is 16.5. The van der Waals surface area contributed by atoms with Gasteiger partial charge in [0.15, 0.2) is 5.16 Å². The normalized spacial score (nSPS) is 10.4. The van der Waals surface area contributed by atoms with Crippen LogP contribution in [-0.2, 0) is 5.75 Å². The summed E-state index contributed by atoms with van der Waals surface area (Å²) >= 11 is 1.53. The number of aromatic amines is 1. The average molecular weight is 222 g/mol. The predicted molar refractivity (Wildman–Crippen MR) is 58.5 cm³/mol. The van der Waals surface area contributed by atoms with Crippen LogP contribution in [0.3, 0.4) is 0 Å². The number of nitrogen functional groups attached to an aromatic ring is 1. The first-order valence-corrected chi connectivity index (χ1v) is 5.30. The summed E-state index contributed by atoms with van der Waals surface area (Å²) < 4.78 is 0. The molecular formula is C9H10N4OS. The van der Waals surface area contributed by atoms with Crippen LogP contribution in [0.2, 0.25) is 0 Å². The SMILES string of the molecule is Nc1cc(CSc2ncn[nH]2)ccc1O. The van der Waals surface area contributed by atoms with Crippen molar-refractivity contribution < 1.29 is 5.11 Å². The fraction of sp³-hybridized carbons (Fsp3) is 0.111. The number of nitrogens with two attached hydrogens (primary N) is 1. The van der Waals surface area contributed by atoms with Gasteiger partial charge >= 0.3 is 0 Å². The van der Waals surface area contributed by atoms with Crippen molar-refractivity contribution in [3.63, 3.8) is 0 Å². The second-order valence-corrected chi connectivity index (χ2v) is 3.94. The second-order valence-electron chi connectivity index (χ2n) is 2.97. The minimum absolute atomic E-state index is 0.114. The molecule has 78 valence electrons. The Morgan fingerprint density at radius 1 is 1.47 bits per heavy atom. The summed E-state index contributed by atoms with van der Waals surface area (Å²) in [6.07, 6.45) is 1.47. The van der Waals surface area contributed by atoms with Crippen LogP contribution in [0.15, 0.2) is 29.7 Å². The molecule has 0 aliphatic rings. The standard InChI is InChI=1S/C9H10N4OS/c10-7-3-6(1-2-8(7)14)4-15-9-11-5-12-13-9/h1-3,5,14H,4,10H2,(H,11,12,13). The van der Waals surface area contributed by atoms with Crippen molar-refractivity contribution in [2.24, 2.45) is 0 Å². The average Bonchev–Trinajstić information content (AvgIpc) is 2.73. The Balaban J connectivity index is 2.02. The molecule has 0 bridgehead atoms. The molecule has 4 N–H and O–H groups in total. The summed E-state index contributed by atoms with van der Waals surface area (Å²) in [7, 11) is 0. The van der Waals surface area contributed by atoms with Crippen LogP contribution in [0.5, 0.6) is 5.75 Å². The number of nitrogens with zero attached hydrogens (tertiary/aromatic N) is 2. The Labute approximate surface area is 90.7 Å². The number of nitrogens with one attached hydrogen (secondary N) is 1. The highest BCUT2D eigenvalue weighted by molar-refractivity contribution is 7.98. The van der Waals surface area contributed by atoms with Gasteiger partial charge in [0.1, 0.15) is 12.1 Å². The number of aromatic hydroxyl groups is 1. The lowest BCUT2D eigenvalue weighted by Gasteiger charge is -2.02. The van der Waals surface area contributed by atoms with Crippen LogP contribution in [0.25, 0.3) is 0 Å². The van der Waals surface area contributed by atoms with Gasteiger partial charge in [-0.15, -0.1) is 0 Å². The third kappa shape index (κ3) is 2.41. The lowest BCUT2D eigenvalue weighted by atomic mass is 10.2. The van der Waals surface area contributed by atoms with Crippen molar-refractivity contribution in [1.82, 2.24) is 15.2 Å². The van der Waals surface area contributed by atoms with Crippen molar-refractivity contribution in [2.75, 3.05) is 5.73 Å². The first-order valence-electron chi connectivity index (χ1n) is 4.31. The van der Waals surface area contributed by atoms with Gasteiger partial charge in [0.25, 0.3) is 0 Å². The van der Waals surface area contributed by atoms with Gasteiger partial charge in [-0.05, 0) is 17.7 Å². The Kier molecular flexibility index (Phi) is 2.77. The number of anilines is 1. The maximum absolute atomic E-state index is 9.24. The molecule has 5 nitrogen and oxygen atoms in total. The molecule has 0 radical (unpaired) electrons. The number of benzene rings is 1.